The molecule has 0 aliphatic carbocycles. The quantitative estimate of drug-likeness (QED) is 0.845. The number of benzene rings is 1. The molecule has 130 valence electrons. The van der Waals surface area contributed by atoms with Crippen molar-refractivity contribution in [3.8, 4) is 5.75 Å². The molecule has 2 fully saturated rings. The first-order valence-electron chi connectivity index (χ1n) is 8.36. The van der Waals surface area contributed by atoms with Crippen molar-refractivity contribution in [3.63, 3.8) is 0 Å². The van der Waals surface area contributed by atoms with Gasteiger partial charge in [-0.2, -0.15) is 0 Å². The lowest BCUT2D eigenvalue weighted by atomic mass is 10.1. The van der Waals surface area contributed by atoms with E-state index in [2.05, 4.69) is 0 Å². The average Bonchev–Trinajstić information content (AvgIpc) is 2.95. The highest BCUT2D eigenvalue weighted by molar-refractivity contribution is 6.00. The molecular weight excluding hydrogens is 308 g/mol. The van der Waals surface area contributed by atoms with E-state index in [9.17, 15) is 9.59 Å². The minimum atomic E-state index is -0.280. The number of hydrogen-bond acceptors (Lipinski definition) is 4. The molecule has 2 heterocycles. The molecule has 24 heavy (non-hydrogen) atoms. The summed E-state index contributed by atoms with van der Waals surface area (Å²) in [6.45, 7) is 5.57. The fraction of sp³-hybridized carbons (Fsp3) is 0.556. The fourth-order valence-electron chi connectivity index (χ4n) is 3.50. The minimum Gasteiger partial charge on any atom is -0.497 e. The molecule has 2 saturated heterocycles. The number of methoxy groups -OCH3 is 1. The summed E-state index contributed by atoms with van der Waals surface area (Å²) in [4.78, 5) is 28.7. The maximum absolute atomic E-state index is 12.8. The second-order valence-electron chi connectivity index (χ2n) is 6.60. The number of amides is 2. The first-order chi connectivity index (χ1) is 11.5. The highest BCUT2D eigenvalue weighted by Crippen LogP contribution is 2.28. The normalized spacial score (nSPS) is 27.5. The first-order valence-corrected chi connectivity index (χ1v) is 8.36. The molecule has 6 heteroatoms. The van der Waals surface area contributed by atoms with Crippen LogP contribution in [0.2, 0.25) is 0 Å². The zero-order valence-corrected chi connectivity index (χ0v) is 14.4. The van der Waals surface area contributed by atoms with Gasteiger partial charge >= 0.3 is 0 Å². The Bertz CT molecular complexity index is 606. The third-order valence-corrected chi connectivity index (χ3v) is 4.59. The molecule has 1 aromatic rings. The van der Waals surface area contributed by atoms with Gasteiger partial charge in [0.1, 0.15) is 5.75 Å². The Balaban J connectivity index is 1.68. The fourth-order valence-corrected chi connectivity index (χ4v) is 3.50. The van der Waals surface area contributed by atoms with Gasteiger partial charge < -0.3 is 19.3 Å². The highest BCUT2D eigenvalue weighted by atomic mass is 16.5. The SMILES string of the molecule is COc1ccc(N2C[C@H](C(=O)N3C[C@H](C)O[C@@H](C)C3)CC2=O)cc1. The number of carbonyl (C=O) groups is 2. The summed E-state index contributed by atoms with van der Waals surface area (Å²) < 4.78 is 10.8. The van der Waals surface area contributed by atoms with Crippen molar-refractivity contribution < 1.29 is 19.1 Å². The molecule has 3 rings (SSSR count). The van der Waals surface area contributed by atoms with Gasteiger partial charge in [-0.15, -0.1) is 0 Å². The van der Waals surface area contributed by atoms with Gasteiger partial charge in [0.05, 0.1) is 25.2 Å². The van der Waals surface area contributed by atoms with Crippen molar-refractivity contribution in [1.29, 1.82) is 0 Å². The van der Waals surface area contributed by atoms with Crippen LogP contribution in [0.15, 0.2) is 24.3 Å². The smallest absolute Gasteiger partial charge is 0.228 e. The number of nitrogens with zero attached hydrogens (tertiary/aromatic N) is 2. The van der Waals surface area contributed by atoms with Gasteiger partial charge in [-0.05, 0) is 38.1 Å². The second kappa shape index (κ2) is 6.81. The lowest BCUT2D eigenvalue weighted by molar-refractivity contribution is -0.147. The molecule has 0 bridgehead atoms. The van der Waals surface area contributed by atoms with E-state index in [1.807, 2.05) is 43.0 Å². The van der Waals surface area contributed by atoms with Crippen molar-refractivity contribution in [2.24, 2.45) is 5.92 Å². The number of hydrogen-bond donors (Lipinski definition) is 0. The van der Waals surface area contributed by atoms with Gasteiger partial charge in [0.25, 0.3) is 0 Å². The zero-order valence-electron chi connectivity index (χ0n) is 14.4. The van der Waals surface area contributed by atoms with E-state index in [0.717, 1.165) is 11.4 Å². The van der Waals surface area contributed by atoms with Gasteiger partial charge in [0, 0.05) is 31.7 Å². The Kier molecular flexibility index (Phi) is 4.76. The van der Waals surface area contributed by atoms with E-state index in [1.54, 1.807) is 12.0 Å². The zero-order chi connectivity index (χ0) is 17.3. The van der Waals surface area contributed by atoms with Gasteiger partial charge in [0.15, 0.2) is 0 Å². The number of rotatable bonds is 3. The standard InChI is InChI=1S/C18H24N2O4/c1-12-9-19(10-13(2)24-12)18(22)14-8-17(21)20(11-14)15-4-6-16(23-3)7-5-15/h4-7,12-14H,8-11H2,1-3H3/t12-,13-,14+/m0/s1. The predicted octanol–water partition coefficient (Wildman–Crippen LogP) is 1.68. The summed E-state index contributed by atoms with van der Waals surface area (Å²) in [6.07, 6.45) is 0.338. The van der Waals surface area contributed by atoms with Crippen molar-refractivity contribution in [1.82, 2.24) is 4.90 Å². The third-order valence-electron chi connectivity index (χ3n) is 4.59. The summed E-state index contributed by atoms with van der Waals surface area (Å²) >= 11 is 0. The lowest BCUT2D eigenvalue weighted by Gasteiger charge is -2.36. The maximum Gasteiger partial charge on any atom is 0.228 e. The summed E-state index contributed by atoms with van der Waals surface area (Å²) in [5.41, 5.74) is 0.805. The van der Waals surface area contributed by atoms with Crippen molar-refractivity contribution in [2.75, 3.05) is 31.6 Å². The van der Waals surface area contributed by atoms with Crippen molar-refractivity contribution in [3.05, 3.63) is 24.3 Å². The molecule has 0 N–H and O–H groups in total. The summed E-state index contributed by atoms with van der Waals surface area (Å²) in [5.74, 6) is 0.514. The Morgan fingerprint density at radius 2 is 1.75 bits per heavy atom. The average molecular weight is 332 g/mol. The molecule has 0 spiro atoms. The van der Waals surface area contributed by atoms with E-state index in [1.165, 1.54) is 0 Å². The number of ether oxygens (including phenoxy) is 2. The number of morpholine rings is 1. The number of anilines is 1. The minimum absolute atomic E-state index is 0.00660. The molecule has 2 amide bonds. The number of carbonyl (C=O) groups excluding carboxylic acids is 2. The van der Waals surface area contributed by atoms with Gasteiger partial charge in [-0.1, -0.05) is 0 Å². The monoisotopic (exact) mass is 332 g/mol. The topological polar surface area (TPSA) is 59.1 Å². The molecular formula is C18H24N2O4. The summed E-state index contributed by atoms with van der Waals surface area (Å²) in [5, 5.41) is 0. The van der Waals surface area contributed by atoms with E-state index in [-0.39, 0.29) is 36.4 Å². The molecule has 0 saturated carbocycles. The van der Waals surface area contributed by atoms with Crippen LogP contribution >= 0.6 is 0 Å². The van der Waals surface area contributed by atoms with Crippen molar-refractivity contribution >= 4 is 17.5 Å². The Morgan fingerprint density at radius 1 is 1.12 bits per heavy atom. The van der Waals surface area contributed by atoms with Crippen LogP contribution in [0.1, 0.15) is 20.3 Å². The third kappa shape index (κ3) is 3.38. The van der Waals surface area contributed by atoms with Gasteiger partial charge in [-0.25, -0.2) is 0 Å². The van der Waals surface area contributed by atoms with E-state index in [0.29, 0.717) is 19.6 Å². The first kappa shape index (κ1) is 16.8. The van der Waals surface area contributed by atoms with Crippen LogP contribution in [0.3, 0.4) is 0 Å². The Labute approximate surface area is 142 Å². The Morgan fingerprint density at radius 3 is 2.33 bits per heavy atom. The molecule has 0 radical (unpaired) electrons. The van der Waals surface area contributed by atoms with Gasteiger partial charge in [-0.3, -0.25) is 9.59 Å². The van der Waals surface area contributed by atoms with Crippen LogP contribution in [0, 0.1) is 5.92 Å². The van der Waals surface area contributed by atoms with E-state index in [4.69, 9.17) is 9.47 Å². The predicted molar refractivity (Wildman–Crippen MR) is 90.0 cm³/mol. The van der Waals surface area contributed by atoms with Crippen LogP contribution in [0.5, 0.6) is 5.75 Å². The maximum atomic E-state index is 12.8. The molecule has 0 unspecified atom stereocenters. The van der Waals surface area contributed by atoms with Crippen LogP contribution in [-0.4, -0.2) is 55.7 Å². The van der Waals surface area contributed by atoms with Crippen LogP contribution < -0.4 is 9.64 Å². The molecule has 6 nitrogen and oxygen atoms in total. The van der Waals surface area contributed by atoms with Crippen molar-refractivity contribution in [2.45, 2.75) is 32.5 Å². The van der Waals surface area contributed by atoms with E-state index >= 15 is 0 Å². The second-order valence-corrected chi connectivity index (χ2v) is 6.60. The van der Waals surface area contributed by atoms with Crippen LogP contribution in [0.25, 0.3) is 0 Å². The van der Waals surface area contributed by atoms with E-state index < -0.39 is 0 Å². The lowest BCUT2D eigenvalue weighted by Crippen LogP contribution is -2.50. The molecule has 1 aromatic carbocycles. The molecule has 3 atom stereocenters. The summed E-state index contributed by atoms with van der Waals surface area (Å²) in [7, 11) is 1.61. The highest BCUT2D eigenvalue weighted by Gasteiger charge is 2.38. The molecule has 2 aliphatic rings. The van der Waals surface area contributed by atoms with Crippen LogP contribution in [0.4, 0.5) is 5.69 Å². The largest absolute Gasteiger partial charge is 0.497 e. The summed E-state index contributed by atoms with van der Waals surface area (Å²) in [6, 6.07) is 7.34. The van der Waals surface area contributed by atoms with Crippen LogP contribution in [-0.2, 0) is 14.3 Å². The molecule has 2 aliphatic heterocycles. The van der Waals surface area contributed by atoms with Gasteiger partial charge in [0.2, 0.25) is 11.8 Å². The molecule has 0 aromatic heterocycles. The Hall–Kier alpha value is -2.08.